The van der Waals surface area contributed by atoms with Crippen molar-refractivity contribution in [1.82, 2.24) is 10.2 Å². The van der Waals surface area contributed by atoms with Crippen LogP contribution in [0.15, 0.2) is 0 Å². The molecule has 0 radical (unpaired) electrons. The molecule has 0 aliphatic carbocycles. The Bertz CT molecular complexity index is 294. The van der Waals surface area contributed by atoms with Crippen LogP contribution in [0.2, 0.25) is 0 Å². The monoisotopic (exact) mass is 257 g/mol. The van der Waals surface area contributed by atoms with E-state index in [1.54, 1.807) is 4.90 Å². The van der Waals surface area contributed by atoms with Crippen LogP contribution < -0.4 is 11.1 Å². The summed E-state index contributed by atoms with van der Waals surface area (Å²) in [4.78, 5) is 24.8. The molecule has 1 saturated heterocycles. The third kappa shape index (κ3) is 4.62. The van der Waals surface area contributed by atoms with Crippen LogP contribution in [-0.4, -0.2) is 55.1 Å². The fourth-order valence-corrected chi connectivity index (χ4v) is 1.91. The third-order valence-electron chi connectivity index (χ3n) is 2.90. The number of amides is 2. The van der Waals surface area contributed by atoms with Gasteiger partial charge in [-0.3, -0.25) is 9.59 Å². The summed E-state index contributed by atoms with van der Waals surface area (Å²) in [5, 5.41) is 3.25. The van der Waals surface area contributed by atoms with Gasteiger partial charge < -0.3 is 20.7 Å². The average Bonchev–Trinajstić information content (AvgIpc) is 2.34. The second kappa shape index (κ2) is 7.33. The SMILES string of the molecule is CC(C)NCCCC(=O)N1CCOCC1C(N)=O. The van der Waals surface area contributed by atoms with Crippen LogP contribution in [0.1, 0.15) is 26.7 Å². The lowest BCUT2D eigenvalue weighted by Gasteiger charge is -2.33. The van der Waals surface area contributed by atoms with E-state index in [1.807, 2.05) is 0 Å². The molecule has 1 heterocycles. The van der Waals surface area contributed by atoms with Gasteiger partial charge in [-0.05, 0) is 13.0 Å². The number of ether oxygens (including phenoxy) is 1. The van der Waals surface area contributed by atoms with Crippen LogP contribution in [0.4, 0.5) is 0 Å². The smallest absolute Gasteiger partial charge is 0.242 e. The predicted octanol–water partition coefficient (Wildman–Crippen LogP) is -0.523. The van der Waals surface area contributed by atoms with Gasteiger partial charge in [0.05, 0.1) is 13.2 Å². The number of nitrogens with zero attached hydrogens (tertiary/aromatic N) is 1. The van der Waals surface area contributed by atoms with E-state index in [1.165, 1.54) is 0 Å². The molecule has 0 bridgehead atoms. The van der Waals surface area contributed by atoms with Gasteiger partial charge in [0.25, 0.3) is 0 Å². The molecule has 1 atom stereocenters. The minimum Gasteiger partial charge on any atom is -0.377 e. The number of hydrogen-bond acceptors (Lipinski definition) is 4. The molecule has 2 amide bonds. The summed E-state index contributed by atoms with van der Waals surface area (Å²) < 4.78 is 5.17. The van der Waals surface area contributed by atoms with Gasteiger partial charge in [0.15, 0.2) is 0 Å². The highest BCUT2D eigenvalue weighted by Gasteiger charge is 2.30. The van der Waals surface area contributed by atoms with Gasteiger partial charge in [0.2, 0.25) is 11.8 Å². The number of nitrogens with one attached hydrogen (secondary N) is 1. The highest BCUT2D eigenvalue weighted by molar-refractivity contribution is 5.86. The van der Waals surface area contributed by atoms with Crippen LogP contribution >= 0.6 is 0 Å². The lowest BCUT2D eigenvalue weighted by Crippen LogP contribution is -2.54. The number of morpholine rings is 1. The van der Waals surface area contributed by atoms with E-state index in [0.29, 0.717) is 25.6 Å². The van der Waals surface area contributed by atoms with Crippen LogP contribution in [0, 0.1) is 0 Å². The first-order valence-corrected chi connectivity index (χ1v) is 6.42. The van der Waals surface area contributed by atoms with Crippen LogP contribution in [0.25, 0.3) is 0 Å². The lowest BCUT2D eigenvalue weighted by atomic mass is 10.1. The molecule has 0 aromatic rings. The van der Waals surface area contributed by atoms with Crippen molar-refractivity contribution in [2.24, 2.45) is 5.73 Å². The highest BCUT2D eigenvalue weighted by Crippen LogP contribution is 2.09. The molecule has 18 heavy (non-hydrogen) atoms. The standard InChI is InChI=1S/C12H23N3O3/c1-9(2)14-5-3-4-11(16)15-6-7-18-8-10(15)12(13)17/h9-10,14H,3-8H2,1-2H3,(H2,13,17). The van der Waals surface area contributed by atoms with Crippen LogP contribution in [0.5, 0.6) is 0 Å². The van der Waals surface area contributed by atoms with Crippen LogP contribution in [0.3, 0.4) is 0 Å². The minimum absolute atomic E-state index is 0.0207. The predicted molar refractivity (Wildman–Crippen MR) is 67.9 cm³/mol. The van der Waals surface area contributed by atoms with E-state index in [2.05, 4.69) is 19.2 Å². The quantitative estimate of drug-likeness (QED) is 0.627. The Morgan fingerprint density at radius 3 is 2.83 bits per heavy atom. The number of carbonyl (C=O) groups is 2. The van der Waals surface area contributed by atoms with Gasteiger partial charge in [-0.2, -0.15) is 0 Å². The number of rotatable bonds is 6. The van der Waals surface area contributed by atoms with E-state index >= 15 is 0 Å². The molecule has 3 N–H and O–H groups in total. The third-order valence-corrected chi connectivity index (χ3v) is 2.90. The maximum absolute atomic E-state index is 12.0. The Hall–Kier alpha value is -1.14. The van der Waals surface area contributed by atoms with Crippen molar-refractivity contribution in [2.75, 3.05) is 26.3 Å². The highest BCUT2D eigenvalue weighted by atomic mass is 16.5. The first-order chi connectivity index (χ1) is 8.52. The number of primary amides is 1. The second-order valence-electron chi connectivity index (χ2n) is 4.79. The maximum Gasteiger partial charge on any atom is 0.242 e. The fraction of sp³-hybridized carbons (Fsp3) is 0.833. The van der Waals surface area contributed by atoms with Crippen molar-refractivity contribution in [3.8, 4) is 0 Å². The summed E-state index contributed by atoms with van der Waals surface area (Å²) in [7, 11) is 0. The molecule has 0 aromatic heterocycles. The zero-order chi connectivity index (χ0) is 13.5. The van der Waals surface area contributed by atoms with Crippen molar-refractivity contribution in [1.29, 1.82) is 0 Å². The van der Waals surface area contributed by atoms with E-state index < -0.39 is 11.9 Å². The van der Waals surface area contributed by atoms with Crippen molar-refractivity contribution >= 4 is 11.8 Å². The molecule has 0 saturated carbocycles. The van der Waals surface area contributed by atoms with Gasteiger partial charge in [0.1, 0.15) is 6.04 Å². The summed E-state index contributed by atoms with van der Waals surface area (Å²) in [6.45, 7) is 6.06. The fourth-order valence-electron chi connectivity index (χ4n) is 1.91. The van der Waals surface area contributed by atoms with E-state index in [4.69, 9.17) is 10.5 Å². The Balaban J connectivity index is 2.36. The number of carbonyl (C=O) groups excluding carboxylic acids is 2. The normalized spacial score (nSPS) is 20.2. The first kappa shape index (κ1) is 14.9. The molecule has 6 heteroatoms. The molecule has 0 spiro atoms. The van der Waals surface area contributed by atoms with Gasteiger partial charge in [0, 0.05) is 19.0 Å². The molecule has 6 nitrogen and oxygen atoms in total. The Morgan fingerprint density at radius 2 is 2.22 bits per heavy atom. The number of nitrogens with two attached hydrogens (primary N) is 1. The average molecular weight is 257 g/mol. The maximum atomic E-state index is 12.0. The van der Waals surface area contributed by atoms with Gasteiger partial charge >= 0.3 is 0 Å². The topological polar surface area (TPSA) is 84.7 Å². The van der Waals surface area contributed by atoms with Crippen LogP contribution in [-0.2, 0) is 14.3 Å². The van der Waals surface area contributed by atoms with Gasteiger partial charge in [-0.1, -0.05) is 13.8 Å². The molecule has 1 aliphatic rings. The summed E-state index contributed by atoms with van der Waals surface area (Å²) in [6, 6.07) is -0.189. The van der Waals surface area contributed by atoms with Crippen molar-refractivity contribution in [3.05, 3.63) is 0 Å². The van der Waals surface area contributed by atoms with Crippen molar-refractivity contribution < 1.29 is 14.3 Å². The Kier molecular flexibility index (Phi) is 6.07. The molecule has 0 aromatic carbocycles. The second-order valence-corrected chi connectivity index (χ2v) is 4.79. The largest absolute Gasteiger partial charge is 0.377 e. The Morgan fingerprint density at radius 1 is 1.50 bits per heavy atom. The molecule has 1 fully saturated rings. The van der Waals surface area contributed by atoms with Gasteiger partial charge in [-0.15, -0.1) is 0 Å². The first-order valence-electron chi connectivity index (χ1n) is 6.42. The summed E-state index contributed by atoms with van der Waals surface area (Å²) in [6.07, 6.45) is 1.20. The summed E-state index contributed by atoms with van der Waals surface area (Å²) >= 11 is 0. The zero-order valence-electron chi connectivity index (χ0n) is 11.1. The lowest BCUT2D eigenvalue weighted by molar-refractivity contribution is -0.147. The molecular weight excluding hydrogens is 234 g/mol. The molecule has 1 unspecified atom stereocenters. The number of hydrogen-bond donors (Lipinski definition) is 2. The molecule has 104 valence electrons. The summed E-state index contributed by atoms with van der Waals surface area (Å²) in [5.74, 6) is -0.518. The molecule has 1 aliphatic heterocycles. The Labute approximate surface area is 108 Å². The van der Waals surface area contributed by atoms with Crippen molar-refractivity contribution in [3.63, 3.8) is 0 Å². The minimum atomic E-state index is -0.607. The molecular formula is C12H23N3O3. The van der Waals surface area contributed by atoms with E-state index in [0.717, 1.165) is 13.0 Å². The van der Waals surface area contributed by atoms with Crippen molar-refractivity contribution in [2.45, 2.75) is 38.8 Å². The molecule has 1 rings (SSSR count). The van der Waals surface area contributed by atoms with Gasteiger partial charge in [-0.25, -0.2) is 0 Å². The van der Waals surface area contributed by atoms with E-state index in [9.17, 15) is 9.59 Å². The summed E-state index contributed by atoms with van der Waals surface area (Å²) in [5.41, 5.74) is 5.26. The van der Waals surface area contributed by atoms with E-state index in [-0.39, 0.29) is 12.5 Å². The zero-order valence-corrected chi connectivity index (χ0v) is 11.1.